The molecule has 0 spiro atoms. The zero-order valence-corrected chi connectivity index (χ0v) is 11.3. The van der Waals surface area contributed by atoms with Gasteiger partial charge in [0.1, 0.15) is 5.02 Å². The minimum Gasteiger partial charge on any atom is -0.381 e. The quantitative estimate of drug-likeness (QED) is 0.764. The smallest absolute Gasteiger partial charge is 0.316 e. The lowest BCUT2D eigenvalue weighted by Gasteiger charge is -2.13. The van der Waals surface area contributed by atoms with E-state index in [4.69, 9.17) is 11.6 Å². The molecule has 1 aromatic rings. The molecule has 1 rings (SSSR count). The van der Waals surface area contributed by atoms with Gasteiger partial charge in [0.05, 0.1) is 11.9 Å². The second-order valence-electron chi connectivity index (χ2n) is 3.85. The SMILES string of the molecule is CN(C)C(=O)NCCNc1cnn(C)c(=O)c1Cl. The van der Waals surface area contributed by atoms with Crippen molar-refractivity contribution in [3.05, 3.63) is 21.6 Å². The molecule has 0 aliphatic heterocycles. The third-order valence-corrected chi connectivity index (χ3v) is 2.57. The molecule has 0 atom stereocenters. The first kappa shape index (κ1) is 14.3. The number of aryl methyl sites for hydroxylation is 1. The highest BCUT2D eigenvalue weighted by Crippen LogP contribution is 2.13. The van der Waals surface area contributed by atoms with Crippen LogP contribution in [0.2, 0.25) is 5.02 Å². The number of anilines is 1. The van der Waals surface area contributed by atoms with Crippen LogP contribution in [0, 0.1) is 0 Å². The van der Waals surface area contributed by atoms with Gasteiger partial charge in [-0.3, -0.25) is 4.79 Å². The number of hydrogen-bond acceptors (Lipinski definition) is 4. The molecule has 2 amide bonds. The average molecular weight is 274 g/mol. The number of rotatable bonds is 4. The summed E-state index contributed by atoms with van der Waals surface area (Å²) in [5, 5.41) is 9.54. The number of urea groups is 1. The summed E-state index contributed by atoms with van der Waals surface area (Å²) in [5.41, 5.74) is 0.0952. The summed E-state index contributed by atoms with van der Waals surface area (Å²) >= 11 is 5.86. The van der Waals surface area contributed by atoms with E-state index in [0.29, 0.717) is 18.8 Å². The van der Waals surface area contributed by atoms with Crippen molar-refractivity contribution in [2.45, 2.75) is 0 Å². The molecular weight excluding hydrogens is 258 g/mol. The van der Waals surface area contributed by atoms with Crippen molar-refractivity contribution in [2.75, 3.05) is 32.5 Å². The summed E-state index contributed by atoms with van der Waals surface area (Å²) < 4.78 is 1.15. The Hall–Kier alpha value is -1.76. The predicted octanol–water partition coefficient (Wildman–Crippen LogP) is 0.117. The lowest BCUT2D eigenvalue weighted by atomic mass is 10.4. The maximum absolute atomic E-state index is 11.5. The molecule has 8 heteroatoms. The Morgan fingerprint density at radius 1 is 1.50 bits per heavy atom. The van der Waals surface area contributed by atoms with Gasteiger partial charge in [-0.05, 0) is 0 Å². The summed E-state index contributed by atoms with van der Waals surface area (Å²) in [6, 6.07) is -0.176. The number of carbonyl (C=O) groups is 1. The van der Waals surface area contributed by atoms with Crippen LogP contribution < -0.4 is 16.2 Å². The third kappa shape index (κ3) is 3.63. The number of aromatic nitrogens is 2. The third-order valence-electron chi connectivity index (χ3n) is 2.20. The van der Waals surface area contributed by atoms with Gasteiger partial charge in [-0.1, -0.05) is 11.6 Å². The molecule has 7 nitrogen and oxygen atoms in total. The van der Waals surface area contributed by atoms with E-state index < -0.39 is 0 Å². The predicted molar refractivity (Wildman–Crippen MR) is 70.1 cm³/mol. The highest BCUT2D eigenvalue weighted by atomic mass is 35.5. The van der Waals surface area contributed by atoms with Gasteiger partial charge in [0, 0.05) is 34.2 Å². The molecular formula is C10H16ClN5O2. The average Bonchev–Trinajstić information content (AvgIpc) is 2.33. The fraction of sp³-hybridized carbons (Fsp3) is 0.500. The van der Waals surface area contributed by atoms with E-state index in [1.165, 1.54) is 18.1 Å². The van der Waals surface area contributed by atoms with E-state index in [0.717, 1.165) is 4.68 Å². The van der Waals surface area contributed by atoms with Crippen molar-refractivity contribution in [1.82, 2.24) is 20.0 Å². The topological polar surface area (TPSA) is 79.3 Å². The van der Waals surface area contributed by atoms with Crippen molar-refractivity contribution in [2.24, 2.45) is 7.05 Å². The molecule has 0 aliphatic carbocycles. The van der Waals surface area contributed by atoms with Gasteiger partial charge in [0.15, 0.2) is 0 Å². The Balaban J connectivity index is 2.48. The molecule has 0 bridgehead atoms. The zero-order chi connectivity index (χ0) is 13.7. The first-order chi connectivity index (χ1) is 8.43. The molecule has 0 aliphatic rings. The molecule has 2 N–H and O–H groups in total. The molecule has 0 unspecified atom stereocenters. The maximum Gasteiger partial charge on any atom is 0.316 e. The van der Waals surface area contributed by atoms with Gasteiger partial charge in [0.2, 0.25) is 0 Å². The second-order valence-corrected chi connectivity index (χ2v) is 4.23. The monoisotopic (exact) mass is 273 g/mol. The number of amides is 2. The summed E-state index contributed by atoms with van der Waals surface area (Å²) in [6.07, 6.45) is 1.47. The molecule has 0 saturated heterocycles. The van der Waals surface area contributed by atoms with Crippen LogP contribution in [-0.4, -0.2) is 47.9 Å². The summed E-state index contributed by atoms with van der Waals surface area (Å²) in [7, 11) is 4.84. The van der Waals surface area contributed by atoms with Crippen LogP contribution in [-0.2, 0) is 7.05 Å². The molecule has 0 radical (unpaired) electrons. The Morgan fingerprint density at radius 2 is 2.17 bits per heavy atom. The lowest BCUT2D eigenvalue weighted by molar-refractivity contribution is 0.218. The number of nitrogens with one attached hydrogen (secondary N) is 2. The largest absolute Gasteiger partial charge is 0.381 e. The van der Waals surface area contributed by atoms with Gasteiger partial charge < -0.3 is 15.5 Å². The van der Waals surface area contributed by atoms with Gasteiger partial charge in [-0.2, -0.15) is 5.10 Å². The van der Waals surface area contributed by atoms with Gasteiger partial charge in [-0.15, -0.1) is 0 Å². The number of hydrogen-bond donors (Lipinski definition) is 2. The molecule has 0 saturated carbocycles. The highest BCUT2D eigenvalue weighted by Gasteiger charge is 2.06. The van der Waals surface area contributed by atoms with E-state index in [-0.39, 0.29) is 16.6 Å². The Kier molecular flexibility index (Phi) is 4.96. The molecule has 0 aromatic carbocycles. The summed E-state index contributed by atoms with van der Waals surface area (Å²) in [6.45, 7) is 0.872. The molecule has 0 fully saturated rings. The maximum atomic E-state index is 11.5. The fourth-order valence-corrected chi connectivity index (χ4v) is 1.40. The van der Waals surface area contributed by atoms with Crippen LogP contribution >= 0.6 is 11.6 Å². The zero-order valence-electron chi connectivity index (χ0n) is 10.5. The molecule has 1 aromatic heterocycles. The molecule has 100 valence electrons. The number of nitrogens with zero attached hydrogens (tertiary/aromatic N) is 3. The van der Waals surface area contributed by atoms with Gasteiger partial charge in [-0.25, -0.2) is 9.48 Å². The lowest BCUT2D eigenvalue weighted by Crippen LogP contribution is -2.37. The van der Waals surface area contributed by atoms with Crippen LogP contribution in [0.25, 0.3) is 0 Å². The van der Waals surface area contributed by atoms with Crippen LogP contribution in [0.5, 0.6) is 0 Å². The minimum absolute atomic E-state index is 0.0893. The first-order valence-corrected chi connectivity index (χ1v) is 5.72. The van der Waals surface area contributed by atoms with E-state index in [1.807, 2.05) is 0 Å². The summed E-state index contributed by atoms with van der Waals surface area (Å²) in [5.74, 6) is 0. The van der Waals surface area contributed by atoms with Crippen molar-refractivity contribution in [1.29, 1.82) is 0 Å². The van der Waals surface area contributed by atoms with E-state index in [9.17, 15) is 9.59 Å². The molecule has 1 heterocycles. The van der Waals surface area contributed by atoms with Crippen molar-refractivity contribution >= 4 is 23.3 Å². The second kappa shape index (κ2) is 6.25. The molecule has 18 heavy (non-hydrogen) atoms. The van der Waals surface area contributed by atoms with Crippen LogP contribution in [0.4, 0.5) is 10.5 Å². The highest BCUT2D eigenvalue weighted by molar-refractivity contribution is 6.32. The van der Waals surface area contributed by atoms with Crippen molar-refractivity contribution < 1.29 is 4.79 Å². The number of carbonyl (C=O) groups excluding carboxylic acids is 1. The Morgan fingerprint density at radius 3 is 2.78 bits per heavy atom. The van der Waals surface area contributed by atoms with Crippen LogP contribution in [0.3, 0.4) is 0 Å². The van der Waals surface area contributed by atoms with E-state index >= 15 is 0 Å². The fourth-order valence-electron chi connectivity index (χ4n) is 1.16. The Bertz CT molecular complexity index is 486. The normalized spacial score (nSPS) is 10.0. The van der Waals surface area contributed by atoms with E-state index in [1.54, 1.807) is 14.1 Å². The summed E-state index contributed by atoms with van der Waals surface area (Å²) in [4.78, 5) is 24.1. The van der Waals surface area contributed by atoms with Crippen molar-refractivity contribution in [3.8, 4) is 0 Å². The number of halogens is 1. The standard InChI is InChI=1S/C10H16ClN5O2/c1-15(2)10(18)13-5-4-12-7-6-14-16(3)9(17)8(7)11/h6,12H,4-5H2,1-3H3,(H,13,18). The van der Waals surface area contributed by atoms with Gasteiger partial charge >= 0.3 is 6.03 Å². The van der Waals surface area contributed by atoms with E-state index in [2.05, 4.69) is 15.7 Å². The minimum atomic E-state index is -0.362. The van der Waals surface area contributed by atoms with Crippen molar-refractivity contribution in [3.63, 3.8) is 0 Å². The van der Waals surface area contributed by atoms with Gasteiger partial charge in [0.25, 0.3) is 5.56 Å². The first-order valence-electron chi connectivity index (χ1n) is 5.34. The Labute approximate surface area is 110 Å². The van der Waals surface area contributed by atoms with Crippen LogP contribution in [0.15, 0.2) is 11.0 Å². The van der Waals surface area contributed by atoms with Crippen LogP contribution in [0.1, 0.15) is 0 Å².